The molecule has 2 N–H and O–H groups in total. The summed E-state index contributed by atoms with van der Waals surface area (Å²) in [6.07, 6.45) is 0. The zero-order valence-corrected chi connectivity index (χ0v) is 10.9. The summed E-state index contributed by atoms with van der Waals surface area (Å²) in [5.41, 5.74) is 0.156. The molecule has 0 saturated carbocycles. The largest absolute Gasteiger partial charge is 0.373 e. The Morgan fingerprint density at radius 1 is 1.05 bits per heavy atom. The van der Waals surface area contributed by atoms with Crippen molar-refractivity contribution in [2.24, 2.45) is 0 Å². The first-order valence-electron chi connectivity index (χ1n) is 5.76. The maximum atomic E-state index is 13.9. The van der Waals surface area contributed by atoms with Crippen LogP contribution in [0.3, 0.4) is 0 Å². The van der Waals surface area contributed by atoms with Crippen LogP contribution in [0.4, 0.5) is 26.1 Å². The molecule has 0 bridgehead atoms. The molecule has 0 aliphatic rings. The lowest BCUT2D eigenvalue weighted by atomic mass is 10.2. The first-order valence-corrected chi connectivity index (χ1v) is 5.76. The molecule has 2 rings (SSSR count). The second-order valence-corrected chi connectivity index (χ2v) is 4.11. The summed E-state index contributed by atoms with van der Waals surface area (Å²) in [5.74, 6) is 0.124. The molecular formula is C13H14F2N4. The Balaban J connectivity index is 2.41. The van der Waals surface area contributed by atoms with E-state index in [1.165, 1.54) is 12.1 Å². The number of benzene rings is 1. The quantitative estimate of drug-likeness (QED) is 0.894. The third kappa shape index (κ3) is 2.78. The van der Waals surface area contributed by atoms with Crippen LogP contribution in [-0.4, -0.2) is 17.0 Å². The second-order valence-electron chi connectivity index (χ2n) is 4.11. The summed E-state index contributed by atoms with van der Waals surface area (Å²) in [5, 5.41) is 5.51. The summed E-state index contributed by atoms with van der Waals surface area (Å²) in [4.78, 5) is 8.20. The molecule has 6 heteroatoms. The van der Waals surface area contributed by atoms with Gasteiger partial charge in [0.2, 0.25) is 0 Å². The lowest BCUT2D eigenvalue weighted by molar-refractivity contribution is 0.584. The number of halogens is 2. The van der Waals surface area contributed by atoms with Gasteiger partial charge in [0.05, 0.1) is 0 Å². The summed E-state index contributed by atoms with van der Waals surface area (Å²) in [6, 6.07) is 4.18. The Bertz CT molecular complexity index is 614. The molecule has 0 atom stereocenters. The van der Waals surface area contributed by atoms with Gasteiger partial charge in [0.25, 0.3) is 0 Å². The first kappa shape index (κ1) is 13.2. The lowest BCUT2D eigenvalue weighted by Gasteiger charge is -2.11. The monoisotopic (exact) mass is 264 g/mol. The van der Waals surface area contributed by atoms with Crippen LogP contribution in [0.1, 0.15) is 11.4 Å². The topological polar surface area (TPSA) is 49.8 Å². The fourth-order valence-electron chi connectivity index (χ4n) is 1.66. The van der Waals surface area contributed by atoms with Crippen LogP contribution in [0.15, 0.2) is 18.2 Å². The Morgan fingerprint density at radius 3 is 2.42 bits per heavy atom. The summed E-state index contributed by atoms with van der Waals surface area (Å²) in [7, 11) is 1.71. The minimum atomic E-state index is -0.662. The normalized spacial score (nSPS) is 10.4. The number of hydrogen-bond acceptors (Lipinski definition) is 4. The number of nitrogens with one attached hydrogen (secondary N) is 2. The van der Waals surface area contributed by atoms with Gasteiger partial charge in [0.15, 0.2) is 5.82 Å². The fraction of sp³-hybridized carbons (Fsp3) is 0.231. The molecule has 4 nitrogen and oxygen atoms in total. The summed E-state index contributed by atoms with van der Waals surface area (Å²) >= 11 is 0. The lowest BCUT2D eigenvalue weighted by Crippen LogP contribution is -2.04. The van der Waals surface area contributed by atoms with Gasteiger partial charge in [0.1, 0.15) is 29.0 Å². The highest BCUT2D eigenvalue weighted by molar-refractivity contribution is 5.61. The molecule has 0 fully saturated rings. The van der Waals surface area contributed by atoms with Crippen molar-refractivity contribution in [2.45, 2.75) is 13.8 Å². The second kappa shape index (κ2) is 5.17. The number of nitrogens with zero attached hydrogens (tertiary/aromatic N) is 2. The predicted octanol–water partition coefficient (Wildman–Crippen LogP) is 3.16. The average Bonchev–Trinajstić information content (AvgIpc) is 2.38. The number of rotatable bonds is 3. The molecule has 1 aromatic carbocycles. The van der Waals surface area contributed by atoms with Crippen LogP contribution < -0.4 is 10.6 Å². The van der Waals surface area contributed by atoms with E-state index in [2.05, 4.69) is 20.6 Å². The number of aromatic nitrogens is 2. The molecular weight excluding hydrogens is 250 g/mol. The maximum absolute atomic E-state index is 13.9. The molecule has 0 aliphatic heterocycles. The van der Waals surface area contributed by atoms with Crippen molar-refractivity contribution in [3.63, 3.8) is 0 Å². The van der Waals surface area contributed by atoms with E-state index < -0.39 is 11.6 Å². The summed E-state index contributed by atoms with van der Waals surface area (Å²) in [6.45, 7) is 3.28. The molecule has 0 spiro atoms. The minimum absolute atomic E-state index is 0.208. The molecule has 0 amide bonds. The van der Waals surface area contributed by atoms with Crippen LogP contribution >= 0.6 is 0 Å². The van der Waals surface area contributed by atoms with Gasteiger partial charge >= 0.3 is 0 Å². The molecule has 0 radical (unpaired) electrons. The van der Waals surface area contributed by atoms with Crippen LogP contribution in [0.5, 0.6) is 0 Å². The van der Waals surface area contributed by atoms with E-state index in [1.54, 1.807) is 27.0 Å². The first-order chi connectivity index (χ1) is 9.01. The van der Waals surface area contributed by atoms with Crippen molar-refractivity contribution < 1.29 is 8.78 Å². The van der Waals surface area contributed by atoms with E-state index >= 15 is 0 Å². The van der Waals surface area contributed by atoms with Gasteiger partial charge in [-0.2, -0.15) is 0 Å². The van der Waals surface area contributed by atoms with E-state index in [0.29, 0.717) is 23.0 Å². The highest BCUT2D eigenvalue weighted by Gasteiger charge is 2.12. The standard InChI is InChI=1S/C13H14F2N4/c1-7-4-5-9(14)13(12(7)15)19-11-6-10(16-3)17-8(2)18-11/h4-6H,1-3H3,(H2,16,17,18,19). The van der Waals surface area contributed by atoms with Crippen LogP contribution in [-0.2, 0) is 0 Å². The summed E-state index contributed by atoms with van der Waals surface area (Å²) < 4.78 is 27.5. The predicted molar refractivity (Wildman–Crippen MR) is 70.7 cm³/mol. The molecule has 0 unspecified atom stereocenters. The molecule has 19 heavy (non-hydrogen) atoms. The highest BCUT2D eigenvalue weighted by Crippen LogP contribution is 2.25. The van der Waals surface area contributed by atoms with Crippen LogP contribution in [0.2, 0.25) is 0 Å². The van der Waals surface area contributed by atoms with E-state index in [1.807, 2.05) is 0 Å². The molecule has 0 aliphatic carbocycles. The SMILES string of the molecule is CNc1cc(Nc2c(F)ccc(C)c2F)nc(C)n1. The maximum Gasteiger partial charge on any atom is 0.152 e. The number of anilines is 3. The van der Waals surface area contributed by atoms with Gasteiger partial charge in [0, 0.05) is 13.1 Å². The third-order valence-corrected chi connectivity index (χ3v) is 2.63. The van der Waals surface area contributed by atoms with Crippen LogP contribution in [0.25, 0.3) is 0 Å². The highest BCUT2D eigenvalue weighted by atomic mass is 19.1. The number of aryl methyl sites for hydroxylation is 2. The van der Waals surface area contributed by atoms with E-state index in [9.17, 15) is 8.78 Å². The van der Waals surface area contributed by atoms with Crippen molar-refractivity contribution in [1.82, 2.24) is 9.97 Å². The van der Waals surface area contributed by atoms with Crippen LogP contribution in [0, 0.1) is 25.5 Å². The van der Waals surface area contributed by atoms with Crippen molar-refractivity contribution in [1.29, 1.82) is 0 Å². The zero-order chi connectivity index (χ0) is 14.0. The zero-order valence-electron chi connectivity index (χ0n) is 10.9. The van der Waals surface area contributed by atoms with E-state index in [-0.39, 0.29) is 5.69 Å². The third-order valence-electron chi connectivity index (χ3n) is 2.63. The van der Waals surface area contributed by atoms with Gasteiger partial charge in [-0.1, -0.05) is 6.07 Å². The van der Waals surface area contributed by atoms with Gasteiger partial charge in [-0.25, -0.2) is 18.7 Å². The van der Waals surface area contributed by atoms with Gasteiger partial charge in [-0.3, -0.25) is 0 Å². The van der Waals surface area contributed by atoms with Gasteiger partial charge in [-0.05, 0) is 25.5 Å². The smallest absolute Gasteiger partial charge is 0.152 e. The molecule has 100 valence electrons. The van der Waals surface area contributed by atoms with Crippen molar-refractivity contribution >= 4 is 17.3 Å². The van der Waals surface area contributed by atoms with Crippen molar-refractivity contribution in [3.05, 3.63) is 41.2 Å². The average molecular weight is 264 g/mol. The van der Waals surface area contributed by atoms with E-state index in [0.717, 1.165) is 0 Å². The Morgan fingerprint density at radius 2 is 1.74 bits per heavy atom. The van der Waals surface area contributed by atoms with E-state index in [4.69, 9.17) is 0 Å². The van der Waals surface area contributed by atoms with Gasteiger partial charge < -0.3 is 10.6 Å². The van der Waals surface area contributed by atoms with Gasteiger partial charge in [-0.15, -0.1) is 0 Å². The van der Waals surface area contributed by atoms with Crippen molar-refractivity contribution in [2.75, 3.05) is 17.7 Å². The molecule has 0 saturated heterocycles. The minimum Gasteiger partial charge on any atom is -0.373 e. The Kier molecular flexibility index (Phi) is 3.59. The Labute approximate surface area is 109 Å². The molecule has 2 aromatic rings. The number of hydrogen-bond donors (Lipinski definition) is 2. The fourth-order valence-corrected chi connectivity index (χ4v) is 1.66. The van der Waals surface area contributed by atoms with Crippen molar-refractivity contribution in [3.8, 4) is 0 Å². The molecule has 1 aromatic heterocycles. The Hall–Kier alpha value is -2.24. The molecule has 1 heterocycles.